The smallest absolute Gasteiger partial charge is 0.258 e. The van der Waals surface area contributed by atoms with Gasteiger partial charge in [0.2, 0.25) is 0 Å². The largest absolute Gasteiger partial charge is 1.00 e. The quantitative estimate of drug-likeness (QED) is 0.491. The second-order valence-electron chi connectivity index (χ2n) is 4.49. The van der Waals surface area contributed by atoms with Crippen LogP contribution in [0.3, 0.4) is 0 Å². The third kappa shape index (κ3) is 3.98. The summed E-state index contributed by atoms with van der Waals surface area (Å²) in [6.45, 7) is 0. The maximum Gasteiger partial charge on any atom is 1.00 e. The van der Waals surface area contributed by atoms with Crippen LogP contribution in [0.1, 0.15) is 0 Å². The zero-order valence-electron chi connectivity index (χ0n) is 11.7. The summed E-state index contributed by atoms with van der Waals surface area (Å²) in [7, 11) is -0.363. The number of hydrogen-bond acceptors (Lipinski definition) is 0. The van der Waals surface area contributed by atoms with E-state index in [9.17, 15) is 0 Å². The van der Waals surface area contributed by atoms with Crippen molar-refractivity contribution in [1.29, 1.82) is 0 Å². The van der Waals surface area contributed by atoms with Crippen LogP contribution in [0.2, 0.25) is 0 Å². The first kappa shape index (κ1) is 16.3. The molecule has 0 N–H and O–H groups in total. The Hall–Kier alpha value is -0.0787. The second kappa shape index (κ2) is 8.38. The zero-order valence-corrected chi connectivity index (χ0v) is 15.7. The summed E-state index contributed by atoms with van der Waals surface area (Å²) in [4.78, 5) is 0. The van der Waals surface area contributed by atoms with Crippen molar-refractivity contribution in [1.82, 2.24) is 0 Å². The van der Waals surface area contributed by atoms with Gasteiger partial charge in [0, 0.05) is 0 Å². The van der Waals surface area contributed by atoms with Crippen molar-refractivity contribution in [3.63, 3.8) is 0 Å². The minimum atomic E-state index is -0.363. The third-order valence-corrected chi connectivity index (χ3v) is 5.86. The average Bonchev–Trinajstić information content (AvgIpc) is 2.51. The summed E-state index contributed by atoms with van der Waals surface area (Å²) >= 11 is 0. The molecule has 0 atom stereocenters. The first-order valence-electron chi connectivity index (χ1n) is 6.53. The van der Waals surface area contributed by atoms with Crippen LogP contribution in [0.25, 0.3) is 0 Å². The van der Waals surface area contributed by atoms with Gasteiger partial charge in [0.1, 0.15) is 0 Å². The normalized spacial score (nSPS) is 10.1. The fraction of sp³-hybridized carbons (Fsp3) is 0. The Morgan fingerprint density at radius 3 is 1.40 bits per heavy atom. The first-order chi connectivity index (χ1) is 9.45. The van der Waals surface area contributed by atoms with Gasteiger partial charge in [-0.05, 0) is 0 Å². The topological polar surface area (TPSA) is 0 Å². The van der Waals surface area contributed by atoms with E-state index in [-0.39, 0.29) is 59.2 Å². The maximum absolute atomic E-state index is 2.31. The molecule has 2 aromatic carbocycles. The Kier molecular flexibility index (Phi) is 6.83. The zero-order chi connectivity index (χ0) is 12.9. The van der Waals surface area contributed by atoms with Crippen molar-refractivity contribution in [2.75, 3.05) is 0 Å². The Morgan fingerprint density at radius 2 is 0.950 bits per heavy atom. The van der Waals surface area contributed by atoms with E-state index in [1.165, 1.54) is 10.6 Å². The minimum absolute atomic E-state index is 0. The van der Waals surface area contributed by atoms with Crippen LogP contribution in [0.5, 0.6) is 0 Å². The predicted molar refractivity (Wildman–Crippen MR) is 86.9 cm³/mol. The van der Waals surface area contributed by atoms with E-state index < -0.39 is 0 Å². The minimum Gasteiger partial charge on any atom is -0.258 e. The first-order valence-corrected chi connectivity index (χ1v) is 7.94. The van der Waals surface area contributed by atoms with E-state index in [1.54, 1.807) is 0 Å². The molecule has 0 spiro atoms. The van der Waals surface area contributed by atoms with Gasteiger partial charge in [-0.15, -0.1) is 12.1 Å². The summed E-state index contributed by atoms with van der Waals surface area (Å²) in [5, 5.41) is 2.87. The van der Waals surface area contributed by atoms with Gasteiger partial charge < -0.3 is 0 Å². The molecule has 0 radical (unpaired) electrons. The monoisotopic (exact) mass is 300 g/mol. The van der Waals surface area contributed by atoms with Gasteiger partial charge in [-0.2, -0.15) is 0 Å². The standard InChI is InChI=1S/C17H15BP.K/c1-4-10-16(11-5-1)19(17-12-6-2-7-13-17)18-14-8-3-9-15-18;/h1-15H;/q-1;+1. The van der Waals surface area contributed by atoms with Crippen LogP contribution in [-0.2, 0) is 0 Å². The number of benzene rings is 2. The summed E-state index contributed by atoms with van der Waals surface area (Å²) in [6, 6.07) is 28.6. The van der Waals surface area contributed by atoms with Gasteiger partial charge in [0.05, 0.1) is 0 Å². The Bertz CT molecular complexity index is 535. The van der Waals surface area contributed by atoms with Gasteiger partial charge in [-0.3, -0.25) is 11.9 Å². The van der Waals surface area contributed by atoms with Gasteiger partial charge >= 0.3 is 51.4 Å². The molecule has 20 heavy (non-hydrogen) atoms. The molecular formula is C17H15BKP. The van der Waals surface area contributed by atoms with Crippen molar-refractivity contribution in [3.8, 4) is 0 Å². The van der Waals surface area contributed by atoms with E-state index in [0.29, 0.717) is 6.06 Å². The summed E-state index contributed by atoms with van der Waals surface area (Å²) in [5.41, 5.74) is 0. The molecule has 3 rings (SSSR count). The number of hydrogen-bond donors (Lipinski definition) is 0. The van der Waals surface area contributed by atoms with Crippen molar-refractivity contribution in [2.45, 2.75) is 0 Å². The molecule has 0 nitrogen and oxygen atoms in total. The number of rotatable bonds is 3. The molecule has 3 aromatic rings. The van der Waals surface area contributed by atoms with Crippen molar-refractivity contribution >= 4 is 24.5 Å². The SMILES string of the molecule is [K+].c1cc[b-](P(c2ccccc2)c2ccccc2)cc1. The molecule has 92 valence electrons. The van der Waals surface area contributed by atoms with E-state index in [1.807, 2.05) is 0 Å². The van der Waals surface area contributed by atoms with Crippen LogP contribution < -0.4 is 62.0 Å². The Morgan fingerprint density at radius 1 is 0.550 bits per heavy atom. The van der Waals surface area contributed by atoms with Crippen LogP contribution in [0.15, 0.2) is 90.8 Å². The molecule has 0 amide bonds. The van der Waals surface area contributed by atoms with Crippen molar-refractivity contribution < 1.29 is 51.4 Å². The van der Waals surface area contributed by atoms with E-state index in [0.717, 1.165) is 0 Å². The van der Waals surface area contributed by atoms with E-state index in [2.05, 4.69) is 90.8 Å². The van der Waals surface area contributed by atoms with Gasteiger partial charge in [-0.1, -0.05) is 83.4 Å². The maximum atomic E-state index is 2.31. The fourth-order valence-corrected chi connectivity index (χ4v) is 4.84. The van der Waals surface area contributed by atoms with Crippen LogP contribution in [-0.4, -0.2) is 6.06 Å². The molecule has 0 fully saturated rings. The van der Waals surface area contributed by atoms with Crippen LogP contribution in [0, 0.1) is 0 Å². The molecule has 1 heterocycles. The summed E-state index contributed by atoms with van der Waals surface area (Å²) in [6.07, 6.45) is 0. The molecule has 0 aliphatic heterocycles. The van der Waals surface area contributed by atoms with Gasteiger partial charge in [0.15, 0.2) is 0 Å². The van der Waals surface area contributed by atoms with Crippen LogP contribution in [0.4, 0.5) is 0 Å². The molecule has 1 aromatic heterocycles. The summed E-state index contributed by atoms with van der Waals surface area (Å²) < 4.78 is 0. The molecule has 0 unspecified atom stereocenters. The molecular weight excluding hydrogens is 285 g/mol. The second-order valence-corrected chi connectivity index (χ2v) is 6.86. The Labute approximate surface area is 164 Å². The van der Waals surface area contributed by atoms with Gasteiger partial charge in [-0.25, -0.2) is 7.80 Å². The van der Waals surface area contributed by atoms with Gasteiger partial charge in [0.25, 0.3) is 0 Å². The molecule has 0 aliphatic rings. The van der Waals surface area contributed by atoms with Crippen molar-refractivity contribution in [2.24, 2.45) is 0 Å². The van der Waals surface area contributed by atoms with E-state index >= 15 is 0 Å². The predicted octanol–water partition coefficient (Wildman–Crippen LogP) is 0.612. The fourth-order valence-electron chi connectivity index (χ4n) is 2.33. The molecule has 3 heteroatoms. The van der Waals surface area contributed by atoms with Crippen molar-refractivity contribution in [3.05, 3.63) is 90.8 Å². The summed E-state index contributed by atoms with van der Waals surface area (Å²) in [5.74, 6) is 4.62. The Balaban J connectivity index is 0.00000147. The molecule has 0 aliphatic carbocycles. The molecule has 0 bridgehead atoms. The average molecular weight is 300 g/mol. The third-order valence-electron chi connectivity index (χ3n) is 3.21. The molecule has 0 saturated carbocycles. The molecule has 0 saturated heterocycles. The van der Waals surface area contributed by atoms with E-state index in [4.69, 9.17) is 0 Å². The van der Waals surface area contributed by atoms with Crippen LogP contribution >= 0.6 is 7.80 Å².